The lowest BCUT2D eigenvalue weighted by molar-refractivity contribution is 0.116. The van der Waals surface area contributed by atoms with Crippen molar-refractivity contribution in [3.05, 3.63) is 18.5 Å². The zero-order chi connectivity index (χ0) is 10.7. The van der Waals surface area contributed by atoms with Gasteiger partial charge in [-0.05, 0) is 18.9 Å². The van der Waals surface area contributed by atoms with E-state index in [2.05, 4.69) is 9.88 Å². The van der Waals surface area contributed by atoms with E-state index in [1.807, 2.05) is 19.3 Å². The maximum absolute atomic E-state index is 5.68. The van der Waals surface area contributed by atoms with Crippen LogP contribution in [0.5, 0.6) is 0 Å². The number of nitrogen functional groups attached to an aromatic ring is 1. The molecule has 1 fully saturated rings. The molecule has 1 aromatic heterocycles. The molecule has 1 aromatic rings. The molecular weight excluding hydrogens is 190 g/mol. The average Bonchev–Trinajstić information content (AvgIpc) is 2.70. The molecule has 1 aliphatic rings. The molecule has 4 nitrogen and oxygen atoms in total. The van der Waals surface area contributed by atoms with E-state index in [1.165, 1.54) is 6.42 Å². The molecule has 2 heterocycles. The topological polar surface area (TPSA) is 51.4 Å². The summed E-state index contributed by atoms with van der Waals surface area (Å²) in [6.07, 6.45) is 6.17. The summed E-state index contributed by atoms with van der Waals surface area (Å²) in [5.74, 6) is 0. The summed E-state index contributed by atoms with van der Waals surface area (Å²) in [6.45, 7) is 1.80. The first-order chi connectivity index (χ1) is 7.25. The number of anilines is 2. The maximum Gasteiger partial charge on any atom is 0.0750 e. The fourth-order valence-electron chi connectivity index (χ4n) is 1.85. The van der Waals surface area contributed by atoms with Gasteiger partial charge in [0.05, 0.1) is 23.7 Å². The van der Waals surface area contributed by atoms with E-state index < -0.39 is 0 Å². The van der Waals surface area contributed by atoms with Crippen LogP contribution < -0.4 is 10.6 Å². The van der Waals surface area contributed by atoms with E-state index >= 15 is 0 Å². The second-order valence-corrected chi connectivity index (χ2v) is 3.99. The minimum Gasteiger partial charge on any atom is -0.397 e. The third-order valence-electron chi connectivity index (χ3n) is 2.69. The Bertz CT molecular complexity index is 323. The van der Waals surface area contributed by atoms with Crippen LogP contribution in [0.1, 0.15) is 12.8 Å². The number of hydrogen-bond donors (Lipinski definition) is 1. The fraction of sp³-hybridized carbons (Fsp3) is 0.545. The van der Waals surface area contributed by atoms with Gasteiger partial charge in [0.25, 0.3) is 0 Å². The molecule has 2 N–H and O–H groups in total. The molecule has 1 atom stereocenters. The monoisotopic (exact) mass is 207 g/mol. The van der Waals surface area contributed by atoms with Crippen LogP contribution in [-0.2, 0) is 4.74 Å². The fourth-order valence-corrected chi connectivity index (χ4v) is 1.85. The summed E-state index contributed by atoms with van der Waals surface area (Å²) in [4.78, 5) is 6.21. The highest BCUT2D eigenvalue weighted by atomic mass is 16.5. The van der Waals surface area contributed by atoms with Crippen LogP contribution in [0, 0.1) is 0 Å². The molecule has 82 valence electrons. The summed E-state index contributed by atoms with van der Waals surface area (Å²) in [5.41, 5.74) is 7.43. The van der Waals surface area contributed by atoms with E-state index in [4.69, 9.17) is 10.5 Å². The van der Waals surface area contributed by atoms with E-state index in [-0.39, 0.29) is 0 Å². The molecule has 0 aliphatic carbocycles. The SMILES string of the molecule is CN(CC1CCCO1)c1cncc(N)c1. The molecule has 0 aromatic carbocycles. The lowest BCUT2D eigenvalue weighted by Crippen LogP contribution is -2.28. The van der Waals surface area contributed by atoms with Crippen molar-refractivity contribution < 1.29 is 4.74 Å². The number of hydrogen-bond acceptors (Lipinski definition) is 4. The third-order valence-corrected chi connectivity index (χ3v) is 2.69. The van der Waals surface area contributed by atoms with Crippen molar-refractivity contribution in [3.8, 4) is 0 Å². The van der Waals surface area contributed by atoms with Crippen molar-refractivity contribution in [2.75, 3.05) is 30.8 Å². The van der Waals surface area contributed by atoms with Crippen molar-refractivity contribution in [3.63, 3.8) is 0 Å². The van der Waals surface area contributed by atoms with Crippen LogP contribution >= 0.6 is 0 Å². The Balaban J connectivity index is 1.97. The first kappa shape index (κ1) is 10.2. The van der Waals surface area contributed by atoms with Crippen LogP contribution in [0.4, 0.5) is 11.4 Å². The second-order valence-electron chi connectivity index (χ2n) is 3.99. The predicted octanol–water partition coefficient (Wildman–Crippen LogP) is 1.28. The Morgan fingerprint density at radius 2 is 2.47 bits per heavy atom. The minimum atomic E-state index is 0.358. The van der Waals surface area contributed by atoms with Gasteiger partial charge in [-0.1, -0.05) is 0 Å². The summed E-state index contributed by atoms with van der Waals surface area (Å²) < 4.78 is 5.58. The van der Waals surface area contributed by atoms with E-state index in [0.29, 0.717) is 11.8 Å². The normalized spacial score (nSPS) is 20.5. The summed E-state index contributed by atoms with van der Waals surface area (Å²) >= 11 is 0. The lowest BCUT2D eigenvalue weighted by Gasteiger charge is -2.22. The number of aromatic nitrogens is 1. The van der Waals surface area contributed by atoms with E-state index in [0.717, 1.165) is 25.3 Å². The molecule has 2 rings (SSSR count). The summed E-state index contributed by atoms with van der Waals surface area (Å²) in [6, 6.07) is 1.93. The first-order valence-corrected chi connectivity index (χ1v) is 5.29. The van der Waals surface area contributed by atoms with Crippen molar-refractivity contribution in [1.29, 1.82) is 0 Å². The molecule has 4 heteroatoms. The van der Waals surface area contributed by atoms with Gasteiger partial charge >= 0.3 is 0 Å². The number of likely N-dealkylation sites (N-methyl/N-ethyl adjacent to an activating group) is 1. The molecule has 15 heavy (non-hydrogen) atoms. The van der Waals surface area contributed by atoms with Crippen molar-refractivity contribution in [2.24, 2.45) is 0 Å². The molecule has 1 aliphatic heterocycles. The van der Waals surface area contributed by atoms with Crippen LogP contribution in [0.15, 0.2) is 18.5 Å². The van der Waals surface area contributed by atoms with Gasteiger partial charge in [0, 0.05) is 26.4 Å². The van der Waals surface area contributed by atoms with Crippen molar-refractivity contribution in [1.82, 2.24) is 4.98 Å². The first-order valence-electron chi connectivity index (χ1n) is 5.29. The lowest BCUT2D eigenvalue weighted by atomic mass is 10.2. The zero-order valence-corrected chi connectivity index (χ0v) is 9.02. The molecule has 0 spiro atoms. The van der Waals surface area contributed by atoms with Gasteiger partial charge in [-0.3, -0.25) is 4.98 Å². The Kier molecular flexibility index (Phi) is 3.06. The Morgan fingerprint density at radius 3 is 3.13 bits per heavy atom. The molecular formula is C11H17N3O. The number of nitrogens with two attached hydrogens (primary N) is 1. The van der Waals surface area contributed by atoms with Crippen LogP contribution in [-0.4, -0.2) is 31.3 Å². The van der Waals surface area contributed by atoms with E-state index in [1.54, 1.807) is 6.20 Å². The molecule has 1 unspecified atom stereocenters. The number of ether oxygens (including phenoxy) is 1. The minimum absolute atomic E-state index is 0.358. The van der Waals surface area contributed by atoms with Gasteiger partial charge in [0.15, 0.2) is 0 Å². The standard InChI is InChI=1S/C11H17N3O/c1-14(8-11-3-2-4-15-11)10-5-9(12)6-13-7-10/h5-7,11H,2-4,8,12H2,1H3. The van der Waals surface area contributed by atoms with Crippen molar-refractivity contribution >= 4 is 11.4 Å². The average molecular weight is 207 g/mol. The van der Waals surface area contributed by atoms with Gasteiger partial charge in [0.2, 0.25) is 0 Å². The van der Waals surface area contributed by atoms with Crippen LogP contribution in [0.25, 0.3) is 0 Å². The molecule has 1 saturated heterocycles. The maximum atomic E-state index is 5.68. The van der Waals surface area contributed by atoms with Crippen LogP contribution in [0.3, 0.4) is 0 Å². The highest BCUT2D eigenvalue weighted by Gasteiger charge is 2.17. The van der Waals surface area contributed by atoms with Gasteiger partial charge in [-0.15, -0.1) is 0 Å². The highest BCUT2D eigenvalue weighted by Crippen LogP contribution is 2.18. The van der Waals surface area contributed by atoms with Crippen LogP contribution in [0.2, 0.25) is 0 Å². The molecule has 0 amide bonds. The predicted molar refractivity (Wildman–Crippen MR) is 60.9 cm³/mol. The van der Waals surface area contributed by atoms with Crippen molar-refractivity contribution in [2.45, 2.75) is 18.9 Å². The van der Waals surface area contributed by atoms with Gasteiger partial charge in [-0.2, -0.15) is 0 Å². The van der Waals surface area contributed by atoms with Gasteiger partial charge in [-0.25, -0.2) is 0 Å². The quantitative estimate of drug-likeness (QED) is 0.811. The number of pyridine rings is 1. The molecule has 0 saturated carbocycles. The second kappa shape index (κ2) is 4.49. The van der Waals surface area contributed by atoms with E-state index in [9.17, 15) is 0 Å². The Labute approximate surface area is 90.0 Å². The zero-order valence-electron chi connectivity index (χ0n) is 9.02. The number of rotatable bonds is 3. The smallest absolute Gasteiger partial charge is 0.0750 e. The largest absolute Gasteiger partial charge is 0.397 e. The van der Waals surface area contributed by atoms with Gasteiger partial charge in [0.1, 0.15) is 0 Å². The highest BCUT2D eigenvalue weighted by molar-refractivity contribution is 5.52. The number of nitrogens with zero attached hydrogens (tertiary/aromatic N) is 2. The van der Waals surface area contributed by atoms with Gasteiger partial charge < -0.3 is 15.4 Å². The molecule has 0 radical (unpaired) electrons. The molecule has 0 bridgehead atoms. The third kappa shape index (κ3) is 2.59. The Hall–Kier alpha value is -1.29. The summed E-state index contributed by atoms with van der Waals surface area (Å²) in [7, 11) is 2.04. The summed E-state index contributed by atoms with van der Waals surface area (Å²) in [5, 5.41) is 0. The Morgan fingerprint density at radius 1 is 1.60 bits per heavy atom.